The van der Waals surface area contributed by atoms with E-state index in [1.165, 1.54) is 47.5 Å². The van der Waals surface area contributed by atoms with Gasteiger partial charge in [0.1, 0.15) is 22.3 Å². The number of hydrogen-bond donors (Lipinski definition) is 0. The number of nitro benzene ring substituents is 1. The molecule has 2 aliphatic rings. The number of carbonyl (C=O) groups excluding carboxylic acids is 2. The highest BCUT2D eigenvalue weighted by atomic mass is 32.2. The topological polar surface area (TPSA) is 146 Å². The first-order chi connectivity index (χ1) is 21.7. The predicted molar refractivity (Wildman–Crippen MR) is 162 cm³/mol. The van der Waals surface area contributed by atoms with Gasteiger partial charge in [0.25, 0.3) is 11.6 Å². The van der Waals surface area contributed by atoms with E-state index >= 15 is 0 Å². The van der Waals surface area contributed by atoms with Crippen LogP contribution in [0.15, 0.2) is 108 Å². The number of rotatable bonds is 10. The molecule has 0 bridgehead atoms. The van der Waals surface area contributed by atoms with Crippen LogP contribution >= 0.6 is 0 Å². The molecule has 2 saturated heterocycles. The van der Waals surface area contributed by atoms with E-state index in [1.54, 1.807) is 60.7 Å². The van der Waals surface area contributed by atoms with Crippen LogP contribution in [-0.2, 0) is 24.5 Å². The molecule has 2 fully saturated rings. The molecule has 0 N–H and O–H groups in total. The molecule has 0 aromatic heterocycles. The maximum Gasteiger partial charge on any atom is 0.339 e. The highest BCUT2D eigenvalue weighted by Gasteiger charge is 2.60. The summed E-state index contributed by atoms with van der Waals surface area (Å²) in [5, 5.41) is 12.8. The van der Waals surface area contributed by atoms with E-state index in [0.717, 1.165) is 11.3 Å². The summed E-state index contributed by atoms with van der Waals surface area (Å²) in [5.74, 6) is -1.49. The largest absolute Gasteiger partial charge is 0.494 e. The van der Waals surface area contributed by atoms with Gasteiger partial charge in [-0.3, -0.25) is 24.5 Å². The molecule has 4 aromatic rings. The van der Waals surface area contributed by atoms with Crippen molar-refractivity contribution in [3.63, 3.8) is 0 Å². The molecule has 2 heterocycles. The van der Waals surface area contributed by atoms with E-state index in [-0.39, 0.29) is 22.0 Å². The SMILES string of the molecule is CCCOc1ccc(N2C(=O)[C@H]3[C@H](ON(c4cccc([N+](=O)[O-])c4)[C@@H]3c3ccc(OS(=O)(=O)c4ccccc4)cc3)C2=O)cc1. The molecular weight excluding hydrogens is 602 g/mol. The summed E-state index contributed by atoms with van der Waals surface area (Å²) >= 11 is 0. The average Bonchev–Trinajstić information content (AvgIpc) is 3.56. The number of imide groups is 1. The molecule has 0 aliphatic carbocycles. The predicted octanol–water partition coefficient (Wildman–Crippen LogP) is 5.20. The Kier molecular flexibility index (Phi) is 7.96. The van der Waals surface area contributed by atoms with Crippen LogP contribution < -0.4 is 18.9 Å². The van der Waals surface area contributed by atoms with Crippen molar-refractivity contribution in [1.29, 1.82) is 0 Å². The molecule has 45 heavy (non-hydrogen) atoms. The quantitative estimate of drug-likeness (QED) is 0.0993. The second-order valence-electron chi connectivity index (χ2n) is 10.4. The maximum absolute atomic E-state index is 14.0. The van der Waals surface area contributed by atoms with E-state index in [9.17, 15) is 28.1 Å². The summed E-state index contributed by atoms with van der Waals surface area (Å²) in [6.07, 6.45) is -0.392. The number of non-ortho nitro benzene ring substituents is 1. The van der Waals surface area contributed by atoms with Crippen LogP contribution in [0.5, 0.6) is 11.5 Å². The number of hydrogen-bond acceptors (Lipinski definition) is 10. The van der Waals surface area contributed by atoms with Crippen LogP contribution in [0.4, 0.5) is 17.1 Å². The van der Waals surface area contributed by atoms with Crippen LogP contribution in [0.25, 0.3) is 0 Å². The first-order valence-electron chi connectivity index (χ1n) is 14.1. The second-order valence-corrected chi connectivity index (χ2v) is 11.9. The summed E-state index contributed by atoms with van der Waals surface area (Å²) in [6.45, 7) is 2.51. The van der Waals surface area contributed by atoms with Crippen molar-refractivity contribution >= 4 is 39.0 Å². The molecule has 6 rings (SSSR count). The third-order valence-electron chi connectivity index (χ3n) is 7.44. The molecule has 13 heteroatoms. The van der Waals surface area contributed by atoms with Crippen LogP contribution in [0.2, 0.25) is 0 Å². The Hall–Kier alpha value is -5.27. The Morgan fingerprint density at radius 3 is 2.20 bits per heavy atom. The molecule has 3 atom stereocenters. The van der Waals surface area contributed by atoms with Gasteiger partial charge in [-0.1, -0.05) is 43.3 Å². The summed E-state index contributed by atoms with van der Waals surface area (Å²) in [7, 11) is -4.10. The third kappa shape index (κ3) is 5.70. The zero-order chi connectivity index (χ0) is 31.7. The van der Waals surface area contributed by atoms with Gasteiger partial charge in [0.15, 0.2) is 6.10 Å². The Morgan fingerprint density at radius 2 is 1.53 bits per heavy atom. The van der Waals surface area contributed by atoms with Crippen molar-refractivity contribution in [2.24, 2.45) is 5.92 Å². The fourth-order valence-electron chi connectivity index (χ4n) is 5.37. The normalized spacial score (nSPS) is 19.4. The van der Waals surface area contributed by atoms with Crippen LogP contribution in [-0.4, -0.2) is 37.9 Å². The van der Waals surface area contributed by atoms with Gasteiger partial charge in [-0.15, -0.1) is 0 Å². The molecule has 230 valence electrons. The first kappa shape index (κ1) is 29.8. The lowest BCUT2D eigenvalue weighted by Crippen LogP contribution is -2.37. The highest BCUT2D eigenvalue weighted by Crippen LogP contribution is 2.48. The van der Waals surface area contributed by atoms with Crippen molar-refractivity contribution in [2.75, 3.05) is 16.6 Å². The Balaban J connectivity index is 1.34. The minimum atomic E-state index is -4.10. The number of anilines is 2. The smallest absolute Gasteiger partial charge is 0.339 e. The lowest BCUT2D eigenvalue weighted by Gasteiger charge is -2.28. The Labute approximate surface area is 258 Å². The van der Waals surface area contributed by atoms with Crippen molar-refractivity contribution in [2.45, 2.75) is 30.4 Å². The fourth-order valence-corrected chi connectivity index (χ4v) is 6.32. The summed E-state index contributed by atoms with van der Waals surface area (Å²) in [4.78, 5) is 45.7. The number of carbonyl (C=O) groups is 2. The van der Waals surface area contributed by atoms with Gasteiger partial charge in [-0.25, -0.2) is 9.96 Å². The number of hydroxylamine groups is 1. The molecule has 0 radical (unpaired) electrons. The Morgan fingerprint density at radius 1 is 0.844 bits per heavy atom. The van der Waals surface area contributed by atoms with E-state index in [4.69, 9.17) is 13.8 Å². The molecular formula is C32H27N3O9S. The molecule has 4 aromatic carbocycles. The van der Waals surface area contributed by atoms with Gasteiger partial charge in [0.2, 0.25) is 5.91 Å². The van der Waals surface area contributed by atoms with Gasteiger partial charge in [-0.05, 0) is 66.6 Å². The minimum absolute atomic E-state index is 0.0157. The van der Waals surface area contributed by atoms with E-state index < -0.39 is 44.9 Å². The van der Waals surface area contributed by atoms with E-state index in [0.29, 0.717) is 23.6 Å². The fraction of sp³-hybridized carbons (Fsp3) is 0.188. The van der Waals surface area contributed by atoms with Crippen LogP contribution in [0.1, 0.15) is 24.9 Å². The molecule has 0 saturated carbocycles. The van der Waals surface area contributed by atoms with Gasteiger partial charge in [0.05, 0.1) is 28.9 Å². The van der Waals surface area contributed by atoms with Crippen molar-refractivity contribution < 1.29 is 36.7 Å². The van der Waals surface area contributed by atoms with Gasteiger partial charge in [0, 0.05) is 12.1 Å². The molecule has 0 unspecified atom stereocenters. The second kappa shape index (κ2) is 12.0. The highest BCUT2D eigenvalue weighted by molar-refractivity contribution is 7.87. The molecule has 12 nitrogen and oxygen atoms in total. The number of amides is 2. The van der Waals surface area contributed by atoms with Gasteiger partial charge in [-0.2, -0.15) is 8.42 Å². The zero-order valence-corrected chi connectivity index (χ0v) is 24.7. The van der Waals surface area contributed by atoms with E-state index in [1.807, 2.05) is 6.92 Å². The van der Waals surface area contributed by atoms with Gasteiger partial charge >= 0.3 is 10.1 Å². The zero-order valence-electron chi connectivity index (χ0n) is 23.9. The van der Waals surface area contributed by atoms with Crippen molar-refractivity contribution in [3.8, 4) is 11.5 Å². The number of nitrogens with zero attached hydrogens (tertiary/aromatic N) is 3. The maximum atomic E-state index is 14.0. The minimum Gasteiger partial charge on any atom is -0.494 e. The molecule has 2 aliphatic heterocycles. The third-order valence-corrected chi connectivity index (χ3v) is 8.70. The van der Waals surface area contributed by atoms with Crippen LogP contribution in [0, 0.1) is 16.0 Å². The van der Waals surface area contributed by atoms with Crippen LogP contribution in [0.3, 0.4) is 0 Å². The summed E-state index contributed by atoms with van der Waals surface area (Å²) in [6, 6.07) is 25.0. The Bertz CT molecular complexity index is 1850. The van der Waals surface area contributed by atoms with Gasteiger partial charge < -0.3 is 8.92 Å². The van der Waals surface area contributed by atoms with E-state index in [2.05, 4.69) is 0 Å². The number of ether oxygens (including phenoxy) is 1. The summed E-state index contributed by atoms with van der Waals surface area (Å²) < 4.78 is 36.4. The average molecular weight is 630 g/mol. The molecule has 2 amide bonds. The number of benzene rings is 4. The summed E-state index contributed by atoms with van der Waals surface area (Å²) in [5.41, 5.74) is 0.902. The monoisotopic (exact) mass is 629 g/mol. The number of nitro groups is 1. The van der Waals surface area contributed by atoms with Crippen molar-refractivity contribution in [1.82, 2.24) is 0 Å². The molecule has 0 spiro atoms. The first-order valence-corrected chi connectivity index (χ1v) is 15.5. The van der Waals surface area contributed by atoms with Crippen molar-refractivity contribution in [3.05, 3.63) is 119 Å². The lowest BCUT2D eigenvalue weighted by molar-refractivity contribution is -0.384. The lowest BCUT2D eigenvalue weighted by atomic mass is 9.90. The standard InChI is InChI=1S/C32H27N3O9S/c1-2-19-42-25-17-13-22(14-18-25)33-31(36)28-29(34(43-30(28)32(33)37)23-7-6-8-24(20-23)35(38)39)21-11-15-26(16-12-21)44-45(40,41)27-9-4-3-5-10-27/h3-18,20,28-30H,2,19H2,1H3/t28-,29-,30+/m1/s1. The number of fused-ring (bicyclic) bond motifs is 1.